The van der Waals surface area contributed by atoms with E-state index in [-0.39, 0.29) is 18.4 Å². The molecule has 0 aliphatic heterocycles. The number of hydrogen-bond acceptors (Lipinski definition) is 3. The smallest absolute Gasteiger partial charge is 0.220 e. The molecule has 0 aliphatic carbocycles. The molecule has 0 radical (unpaired) electrons. The standard InChI is InChI=1S/C20H38N2O3/c21-19(24)15-13-11-9-7-5-3-1-2-4-6-8-10-12-14-16-20(25)22-17-18-23/h1-2,23H,3-18H2,(H2,21,24)(H,22,25)/b2-1+. The fraction of sp³-hybridized carbons (Fsp3) is 0.800. The third-order valence-electron chi connectivity index (χ3n) is 4.17. The fourth-order valence-corrected chi connectivity index (χ4v) is 2.69. The predicted octanol–water partition coefficient (Wildman–Crippen LogP) is 3.60. The maximum atomic E-state index is 11.3. The van der Waals surface area contributed by atoms with Crippen molar-refractivity contribution in [3.8, 4) is 0 Å². The maximum Gasteiger partial charge on any atom is 0.220 e. The summed E-state index contributed by atoms with van der Waals surface area (Å²) in [7, 11) is 0. The van der Waals surface area contributed by atoms with Crippen LogP contribution in [0.15, 0.2) is 12.2 Å². The highest BCUT2D eigenvalue weighted by Gasteiger charge is 1.99. The van der Waals surface area contributed by atoms with Gasteiger partial charge in [0, 0.05) is 19.4 Å². The van der Waals surface area contributed by atoms with E-state index in [9.17, 15) is 9.59 Å². The van der Waals surface area contributed by atoms with Crippen molar-refractivity contribution in [1.82, 2.24) is 5.32 Å². The summed E-state index contributed by atoms with van der Waals surface area (Å²) >= 11 is 0. The van der Waals surface area contributed by atoms with Crippen LogP contribution in [0.5, 0.6) is 0 Å². The summed E-state index contributed by atoms with van der Waals surface area (Å²) in [6, 6.07) is 0. The normalized spacial score (nSPS) is 11.1. The zero-order valence-electron chi connectivity index (χ0n) is 15.8. The molecular weight excluding hydrogens is 316 g/mol. The van der Waals surface area contributed by atoms with E-state index in [0.717, 1.165) is 38.5 Å². The molecule has 0 fully saturated rings. The molecule has 0 unspecified atom stereocenters. The van der Waals surface area contributed by atoms with E-state index < -0.39 is 0 Å². The zero-order valence-corrected chi connectivity index (χ0v) is 15.8. The van der Waals surface area contributed by atoms with Crippen LogP contribution in [0, 0.1) is 0 Å². The van der Waals surface area contributed by atoms with Crippen LogP contribution in [0.3, 0.4) is 0 Å². The Morgan fingerprint density at radius 2 is 1.24 bits per heavy atom. The van der Waals surface area contributed by atoms with Gasteiger partial charge in [-0.3, -0.25) is 9.59 Å². The Morgan fingerprint density at radius 1 is 0.760 bits per heavy atom. The highest BCUT2D eigenvalue weighted by Crippen LogP contribution is 2.09. The van der Waals surface area contributed by atoms with Crippen LogP contribution >= 0.6 is 0 Å². The molecule has 4 N–H and O–H groups in total. The third-order valence-corrected chi connectivity index (χ3v) is 4.17. The highest BCUT2D eigenvalue weighted by molar-refractivity contribution is 5.75. The molecule has 0 rings (SSSR count). The summed E-state index contributed by atoms with van der Waals surface area (Å²) in [5.74, 6) is -0.142. The molecule has 0 atom stereocenters. The van der Waals surface area contributed by atoms with Gasteiger partial charge in [0.1, 0.15) is 0 Å². The van der Waals surface area contributed by atoms with Gasteiger partial charge < -0.3 is 16.2 Å². The highest BCUT2D eigenvalue weighted by atomic mass is 16.3. The number of carbonyl (C=O) groups excluding carboxylic acids is 2. The number of amides is 2. The van der Waals surface area contributed by atoms with Gasteiger partial charge in [0.25, 0.3) is 0 Å². The number of aliphatic hydroxyl groups is 1. The molecule has 0 aliphatic rings. The van der Waals surface area contributed by atoms with Crippen molar-refractivity contribution < 1.29 is 14.7 Å². The monoisotopic (exact) mass is 354 g/mol. The number of nitrogens with one attached hydrogen (secondary N) is 1. The van der Waals surface area contributed by atoms with Crippen LogP contribution in [-0.2, 0) is 9.59 Å². The van der Waals surface area contributed by atoms with Gasteiger partial charge in [0.05, 0.1) is 6.61 Å². The van der Waals surface area contributed by atoms with E-state index in [1.807, 2.05) is 0 Å². The number of hydrogen-bond donors (Lipinski definition) is 3. The van der Waals surface area contributed by atoms with Gasteiger partial charge in [-0.25, -0.2) is 0 Å². The van der Waals surface area contributed by atoms with Gasteiger partial charge in [-0.1, -0.05) is 50.7 Å². The summed E-state index contributed by atoms with van der Waals surface area (Å²) in [4.78, 5) is 21.9. The second kappa shape index (κ2) is 19.0. The minimum atomic E-state index is -0.188. The molecule has 146 valence electrons. The van der Waals surface area contributed by atoms with E-state index in [4.69, 9.17) is 10.8 Å². The van der Waals surface area contributed by atoms with E-state index in [2.05, 4.69) is 17.5 Å². The summed E-state index contributed by atoms with van der Waals surface area (Å²) in [6.45, 7) is 0.372. The Hall–Kier alpha value is -1.36. The fourth-order valence-electron chi connectivity index (χ4n) is 2.69. The van der Waals surface area contributed by atoms with E-state index >= 15 is 0 Å². The second-order valence-corrected chi connectivity index (χ2v) is 6.62. The molecule has 0 aromatic heterocycles. The Labute approximate surface area is 153 Å². The number of carbonyl (C=O) groups is 2. The minimum Gasteiger partial charge on any atom is -0.395 e. The van der Waals surface area contributed by atoms with E-state index in [1.165, 1.54) is 38.5 Å². The van der Waals surface area contributed by atoms with Crippen molar-refractivity contribution in [3.63, 3.8) is 0 Å². The number of aliphatic hydroxyl groups excluding tert-OH is 1. The molecule has 5 nitrogen and oxygen atoms in total. The van der Waals surface area contributed by atoms with Gasteiger partial charge >= 0.3 is 0 Å². The van der Waals surface area contributed by atoms with Crippen molar-refractivity contribution in [1.29, 1.82) is 0 Å². The van der Waals surface area contributed by atoms with Crippen molar-refractivity contribution in [2.45, 2.75) is 89.9 Å². The number of nitrogens with two attached hydrogens (primary N) is 1. The minimum absolute atomic E-state index is 0.0101. The van der Waals surface area contributed by atoms with Crippen LogP contribution in [0.1, 0.15) is 89.9 Å². The lowest BCUT2D eigenvalue weighted by Gasteiger charge is -2.03. The lowest BCUT2D eigenvalue weighted by molar-refractivity contribution is -0.121. The average Bonchev–Trinajstić information content (AvgIpc) is 2.59. The van der Waals surface area contributed by atoms with Crippen molar-refractivity contribution in [2.24, 2.45) is 5.73 Å². The summed E-state index contributed by atoms with van der Waals surface area (Å²) in [5, 5.41) is 11.3. The number of unbranched alkanes of at least 4 members (excludes halogenated alkanes) is 10. The van der Waals surface area contributed by atoms with Crippen LogP contribution in [-0.4, -0.2) is 30.1 Å². The number of primary amides is 1. The molecular formula is C20H38N2O3. The first-order chi connectivity index (χ1) is 12.2. The van der Waals surface area contributed by atoms with Crippen molar-refractivity contribution >= 4 is 11.8 Å². The average molecular weight is 355 g/mol. The Bertz CT molecular complexity index is 357. The number of rotatable bonds is 18. The third kappa shape index (κ3) is 20.6. The zero-order chi connectivity index (χ0) is 18.6. The Kier molecular flexibility index (Phi) is 17.9. The van der Waals surface area contributed by atoms with Crippen molar-refractivity contribution in [2.75, 3.05) is 13.2 Å². The lowest BCUT2D eigenvalue weighted by atomic mass is 10.1. The van der Waals surface area contributed by atoms with Crippen molar-refractivity contribution in [3.05, 3.63) is 12.2 Å². The largest absolute Gasteiger partial charge is 0.395 e. The summed E-state index contributed by atoms with van der Waals surface area (Å²) in [6.07, 6.45) is 19.3. The maximum absolute atomic E-state index is 11.3. The quantitative estimate of drug-likeness (QED) is 0.259. The molecule has 0 bridgehead atoms. The van der Waals surface area contributed by atoms with E-state index in [1.54, 1.807) is 0 Å². The molecule has 0 spiro atoms. The van der Waals surface area contributed by atoms with Gasteiger partial charge in [0.2, 0.25) is 11.8 Å². The van der Waals surface area contributed by atoms with Gasteiger partial charge in [-0.2, -0.15) is 0 Å². The Morgan fingerprint density at radius 3 is 1.76 bits per heavy atom. The predicted molar refractivity (Wildman–Crippen MR) is 103 cm³/mol. The first kappa shape index (κ1) is 23.6. The first-order valence-corrected chi connectivity index (χ1v) is 9.97. The van der Waals surface area contributed by atoms with Crippen LogP contribution < -0.4 is 11.1 Å². The van der Waals surface area contributed by atoms with Gasteiger partial charge in [-0.05, 0) is 38.5 Å². The first-order valence-electron chi connectivity index (χ1n) is 9.97. The summed E-state index contributed by atoms with van der Waals surface area (Å²) in [5.41, 5.74) is 5.10. The van der Waals surface area contributed by atoms with Crippen LogP contribution in [0.25, 0.3) is 0 Å². The molecule has 0 saturated carbocycles. The molecule has 0 aromatic carbocycles. The molecule has 0 heterocycles. The summed E-state index contributed by atoms with van der Waals surface area (Å²) < 4.78 is 0. The molecule has 25 heavy (non-hydrogen) atoms. The topological polar surface area (TPSA) is 92.4 Å². The number of allylic oxidation sites excluding steroid dienone is 2. The second-order valence-electron chi connectivity index (χ2n) is 6.62. The SMILES string of the molecule is NC(=O)CCCCCCC/C=C/CCCCCCCC(=O)NCCO. The Balaban J connectivity index is 3.18. The molecule has 0 aromatic rings. The molecule has 0 saturated heterocycles. The van der Waals surface area contributed by atoms with Crippen LogP contribution in [0.2, 0.25) is 0 Å². The molecule has 5 heteroatoms. The molecule has 2 amide bonds. The lowest BCUT2D eigenvalue weighted by Crippen LogP contribution is -2.25. The van der Waals surface area contributed by atoms with Crippen LogP contribution in [0.4, 0.5) is 0 Å². The van der Waals surface area contributed by atoms with Gasteiger partial charge in [-0.15, -0.1) is 0 Å². The van der Waals surface area contributed by atoms with Gasteiger partial charge in [0.15, 0.2) is 0 Å². The van der Waals surface area contributed by atoms with E-state index in [0.29, 0.717) is 19.4 Å².